The topological polar surface area (TPSA) is 38.7 Å². The molecular weight excluding hydrogens is 453 g/mol. The minimum Gasteiger partial charge on any atom is -0.343 e. The van der Waals surface area contributed by atoms with Crippen molar-refractivity contribution in [3.63, 3.8) is 0 Å². The van der Waals surface area contributed by atoms with Crippen LogP contribution in [-0.2, 0) is 22.1 Å². The van der Waals surface area contributed by atoms with Gasteiger partial charge in [-0.05, 0) is 65.0 Å². The van der Waals surface area contributed by atoms with E-state index < -0.39 is 17.7 Å². The SMILES string of the molecule is CCCCCCCCC(CCCCCCc1cccc(C(F)(F)F)c1)C(O)(OC(C)C)OC(C)C. The van der Waals surface area contributed by atoms with Crippen molar-refractivity contribution in [1.82, 2.24) is 0 Å². The molecule has 0 saturated heterocycles. The van der Waals surface area contributed by atoms with E-state index in [0.29, 0.717) is 6.42 Å². The highest BCUT2D eigenvalue weighted by molar-refractivity contribution is 5.25. The van der Waals surface area contributed by atoms with Crippen LogP contribution in [0.5, 0.6) is 0 Å². The van der Waals surface area contributed by atoms with E-state index >= 15 is 0 Å². The van der Waals surface area contributed by atoms with Crippen LogP contribution < -0.4 is 0 Å². The second-order valence-corrected chi connectivity index (χ2v) is 10.4. The smallest absolute Gasteiger partial charge is 0.343 e. The van der Waals surface area contributed by atoms with Crippen LogP contribution in [0, 0.1) is 5.92 Å². The van der Waals surface area contributed by atoms with Crippen molar-refractivity contribution in [2.45, 2.75) is 142 Å². The molecule has 1 N–H and O–H groups in total. The highest BCUT2D eigenvalue weighted by atomic mass is 19.4. The van der Waals surface area contributed by atoms with Gasteiger partial charge in [-0.2, -0.15) is 13.2 Å². The van der Waals surface area contributed by atoms with Gasteiger partial charge < -0.3 is 14.6 Å². The predicted octanol–water partition coefficient (Wildman–Crippen LogP) is 9.06. The van der Waals surface area contributed by atoms with Crippen molar-refractivity contribution < 1.29 is 27.8 Å². The first-order chi connectivity index (χ1) is 16.5. The average Bonchev–Trinajstić information content (AvgIpc) is 2.75. The van der Waals surface area contributed by atoms with Gasteiger partial charge in [0.15, 0.2) is 0 Å². The Kier molecular flexibility index (Phi) is 15.1. The number of unbranched alkanes of at least 4 members (excludes halogenated alkanes) is 8. The number of hydrogen-bond acceptors (Lipinski definition) is 3. The van der Waals surface area contributed by atoms with E-state index in [0.717, 1.165) is 63.0 Å². The molecule has 0 heterocycles. The molecule has 0 aliphatic rings. The molecule has 1 rings (SSSR count). The Morgan fingerprint density at radius 3 is 1.80 bits per heavy atom. The Labute approximate surface area is 211 Å². The molecular formula is C29H49F3O3. The monoisotopic (exact) mass is 502 g/mol. The van der Waals surface area contributed by atoms with Gasteiger partial charge in [0.25, 0.3) is 5.97 Å². The lowest BCUT2D eigenvalue weighted by Gasteiger charge is -2.38. The number of alkyl halides is 3. The summed E-state index contributed by atoms with van der Waals surface area (Å²) in [4.78, 5) is 0. The summed E-state index contributed by atoms with van der Waals surface area (Å²) in [6.07, 6.45) is 8.50. The minimum absolute atomic E-state index is 0.109. The molecule has 35 heavy (non-hydrogen) atoms. The zero-order chi connectivity index (χ0) is 26.3. The number of halogens is 3. The number of benzene rings is 1. The zero-order valence-corrected chi connectivity index (χ0v) is 22.6. The molecule has 1 atom stereocenters. The lowest BCUT2D eigenvalue weighted by molar-refractivity contribution is -0.407. The zero-order valence-electron chi connectivity index (χ0n) is 22.6. The summed E-state index contributed by atoms with van der Waals surface area (Å²) < 4.78 is 50.6. The molecule has 0 aromatic heterocycles. The van der Waals surface area contributed by atoms with E-state index in [1.165, 1.54) is 37.8 Å². The Morgan fingerprint density at radius 1 is 0.771 bits per heavy atom. The summed E-state index contributed by atoms with van der Waals surface area (Å²) in [7, 11) is 0. The summed E-state index contributed by atoms with van der Waals surface area (Å²) in [6, 6.07) is 5.61. The third-order valence-electron chi connectivity index (χ3n) is 6.25. The van der Waals surface area contributed by atoms with Crippen LogP contribution in [0.2, 0.25) is 0 Å². The van der Waals surface area contributed by atoms with Crippen LogP contribution in [0.25, 0.3) is 0 Å². The molecule has 0 bridgehead atoms. The third-order valence-corrected chi connectivity index (χ3v) is 6.25. The lowest BCUT2D eigenvalue weighted by Crippen LogP contribution is -2.47. The molecule has 1 aromatic rings. The molecule has 0 aliphatic heterocycles. The Hall–Kier alpha value is -1.11. The first-order valence-electron chi connectivity index (χ1n) is 13.7. The average molecular weight is 503 g/mol. The molecule has 0 fully saturated rings. The van der Waals surface area contributed by atoms with Gasteiger partial charge in [0.1, 0.15) is 0 Å². The fourth-order valence-electron chi connectivity index (χ4n) is 4.55. The maximum absolute atomic E-state index is 12.9. The van der Waals surface area contributed by atoms with E-state index in [4.69, 9.17) is 9.47 Å². The van der Waals surface area contributed by atoms with Crippen LogP contribution in [-0.4, -0.2) is 23.3 Å². The van der Waals surface area contributed by atoms with Crippen LogP contribution in [0.4, 0.5) is 13.2 Å². The molecule has 1 unspecified atom stereocenters. The Balaban J connectivity index is 2.59. The van der Waals surface area contributed by atoms with Crippen molar-refractivity contribution in [3.8, 4) is 0 Å². The molecule has 0 aliphatic carbocycles. The van der Waals surface area contributed by atoms with Gasteiger partial charge in [-0.15, -0.1) is 0 Å². The summed E-state index contributed by atoms with van der Waals surface area (Å²) in [5.74, 6) is -1.70. The van der Waals surface area contributed by atoms with Gasteiger partial charge in [0, 0.05) is 5.92 Å². The van der Waals surface area contributed by atoms with E-state index in [2.05, 4.69) is 6.92 Å². The minimum atomic E-state index is -4.30. The quantitative estimate of drug-likeness (QED) is 0.151. The Bertz CT molecular complexity index is 663. The van der Waals surface area contributed by atoms with E-state index in [-0.39, 0.29) is 18.1 Å². The lowest BCUT2D eigenvalue weighted by atomic mass is 9.91. The van der Waals surface area contributed by atoms with Crippen LogP contribution in [0.3, 0.4) is 0 Å². The maximum Gasteiger partial charge on any atom is 0.416 e. The number of rotatable bonds is 19. The first kappa shape index (κ1) is 31.9. The van der Waals surface area contributed by atoms with Gasteiger partial charge in [0.2, 0.25) is 0 Å². The summed E-state index contributed by atoms with van der Waals surface area (Å²) in [6.45, 7) is 9.84. The molecule has 1 aromatic carbocycles. The van der Waals surface area contributed by atoms with Crippen molar-refractivity contribution in [1.29, 1.82) is 0 Å². The van der Waals surface area contributed by atoms with Crippen LogP contribution in [0.1, 0.15) is 123 Å². The van der Waals surface area contributed by atoms with Crippen molar-refractivity contribution in [2.24, 2.45) is 5.92 Å². The van der Waals surface area contributed by atoms with E-state index in [9.17, 15) is 18.3 Å². The molecule has 3 nitrogen and oxygen atoms in total. The van der Waals surface area contributed by atoms with E-state index in [1.54, 1.807) is 6.07 Å². The van der Waals surface area contributed by atoms with Crippen molar-refractivity contribution >= 4 is 0 Å². The van der Waals surface area contributed by atoms with Gasteiger partial charge >= 0.3 is 6.18 Å². The largest absolute Gasteiger partial charge is 0.416 e. The molecule has 0 radical (unpaired) electrons. The normalized spacial score (nSPS) is 13.7. The number of aliphatic hydroxyl groups is 1. The first-order valence-corrected chi connectivity index (χ1v) is 13.7. The van der Waals surface area contributed by atoms with Gasteiger partial charge in [0.05, 0.1) is 17.8 Å². The number of ether oxygens (including phenoxy) is 2. The van der Waals surface area contributed by atoms with Gasteiger partial charge in [-0.1, -0.05) is 82.9 Å². The third kappa shape index (κ3) is 13.7. The maximum atomic E-state index is 12.9. The summed E-state index contributed by atoms with van der Waals surface area (Å²) >= 11 is 0. The second kappa shape index (κ2) is 16.6. The van der Waals surface area contributed by atoms with E-state index in [1.807, 2.05) is 27.7 Å². The highest BCUT2D eigenvalue weighted by Crippen LogP contribution is 2.34. The fourth-order valence-corrected chi connectivity index (χ4v) is 4.55. The summed E-state index contributed by atoms with van der Waals surface area (Å²) in [5, 5.41) is 11.4. The van der Waals surface area contributed by atoms with Gasteiger partial charge in [-0.25, -0.2) is 0 Å². The molecule has 6 heteroatoms. The predicted molar refractivity (Wildman–Crippen MR) is 137 cm³/mol. The van der Waals surface area contributed by atoms with Gasteiger partial charge in [-0.3, -0.25) is 0 Å². The fraction of sp³-hybridized carbons (Fsp3) is 0.793. The summed E-state index contributed by atoms with van der Waals surface area (Å²) in [5.41, 5.74) is 0.146. The number of aryl methyl sites for hydroxylation is 1. The van der Waals surface area contributed by atoms with Crippen LogP contribution >= 0.6 is 0 Å². The van der Waals surface area contributed by atoms with Crippen molar-refractivity contribution in [3.05, 3.63) is 35.4 Å². The number of hydrogen-bond donors (Lipinski definition) is 1. The van der Waals surface area contributed by atoms with Crippen molar-refractivity contribution in [2.75, 3.05) is 0 Å². The van der Waals surface area contributed by atoms with Crippen LogP contribution in [0.15, 0.2) is 24.3 Å². The molecule has 204 valence electrons. The standard InChI is InChI=1S/C29H49F3O3/c1-6-7-8-9-10-14-19-26(29(33,34-23(2)3)35-24(4)5)20-15-12-11-13-17-25-18-16-21-27(22-25)28(30,31)32/h16,18,21-24,26,33H,6-15,17,19-20H2,1-5H3. The molecule has 0 amide bonds. The molecule has 0 spiro atoms. The Morgan fingerprint density at radius 2 is 1.29 bits per heavy atom. The second-order valence-electron chi connectivity index (χ2n) is 10.4. The highest BCUT2D eigenvalue weighted by Gasteiger charge is 2.40. The molecule has 0 saturated carbocycles.